The number of nitrogens with two attached hydrogens (primary N) is 1. The number of carbonyl (C=O) groups is 1. The van der Waals surface area contributed by atoms with Crippen LogP contribution in [0, 0.1) is 0 Å². The van der Waals surface area contributed by atoms with Crippen LogP contribution in [-0.4, -0.2) is 22.6 Å². The van der Waals surface area contributed by atoms with Crippen LogP contribution in [0.2, 0.25) is 0 Å². The summed E-state index contributed by atoms with van der Waals surface area (Å²) in [5.74, 6) is 0.236. The Morgan fingerprint density at radius 1 is 0.880 bits per heavy atom. The van der Waals surface area contributed by atoms with Crippen molar-refractivity contribution in [3.8, 4) is 5.75 Å². The number of nitrogens with zero attached hydrogens (tertiary/aromatic N) is 1. The van der Waals surface area contributed by atoms with E-state index < -0.39 is 0 Å². The fourth-order valence-electron chi connectivity index (χ4n) is 3.06. The minimum Gasteiger partial charge on any atom is -0.508 e. The molecule has 0 radical (unpaired) electrons. The molecule has 0 atom stereocenters. The second kappa shape index (κ2) is 13.6. The molecule has 3 N–H and O–H groups in total. The zero-order valence-electron chi connectivity index (χ0n) is 15.9. The summed E-state index contributed by atoms with van der Waals surface area (Å²) in [6.07, 6.45) is 14.2. The van der Waals surface area contributed by atoms with Gasteiger partial charge in [0.05, 0.1) is 0 Å². The third-order valence-electron chi connectivity index (χ3n) is 4.65. The van der Waals surface area contributed by atoms with Crippen molar-refractivity contribution in [2.75, 3.05) is 6.54 Å². The van der Waals surface area contributed by atoms with Crippen molar-refractivity contribution in [3.05, 3.63) is 29.8 Å². The average molecular weight is 349 g/mol. The van der Waals surface area contributed by atoms with Gasteiger partial charge in [-0.15, -0.1) is 0 Å². The molecular weight excluding hydrogens is 312 g/mol. The highest BCUT2D eigenvalue weighted by atomic mass is 16.3. The molecule has 2 amide bonds. The predicted molar refractivity (Wildman–Crippen MR) is 105 cm³/mol. The molecule has 1 aromatic carbocycles. The Labute approximate surface area is 153 Å². The lowest BCUT2D eigenvalue weighted by Gasteiger charge is -2.20. The van der Waals surface area contributed by atoms with Gasteiger partial charge in [-0.1, -0.05) is 83.3 Å². The van der Waals surface area contributed by atoms with Crippen molar-refractivity contribution in [1.29, 1.82) is 0 Å². The van der Waals surface area contributed by atoms with E-state index in [2.05, 4.69) is 6.92 Å². The Hall–Kier alpha value is -1.71. The molecule has 1 rings (SSSR count). The van der Waals surface area contributed by atoms with Gasteiger partial charge in [0.15, 0.2) is 0 Å². The van der Waals surface area contributed by atoms with Gasteiger partial charge in [-0.05, 0) is 24.1 Å². The summed E-state index contributed by atoms with van der Waals surface area (Å²) in [5, 5.41) is 9.31. The summed E-state index contributed by atoms with van der Waals surface area (Å²) in [7, 11) is 0. The molecular formula is C21H36N2O2. The smallest absolute Gasteiger partial charge is 0.315 e. The minimum atomic E-state index is -0.375. The molecule has 0 saturated heterocycles. The van der Waals surface area contributed by atoms with E-state index in [1.807, 2.05) is 12.1 Å². The topological polar surface area (TPSA) is 66.6 Å². The Balaban J connectivity index is 2.07. The maximum atomic E-state index is 11.6. The van der Waals surface area contributed by atoms with E-state index in [0.29, 0.717) is 13.1 Å². The van der Waals surface area contributed by atoms with E-state index in [0.717, 1.165) is 18.4 Å². The highest BCUT2D eigenvalue weighted by Crippen LogP contribution is 2.14. The highest BCUT2D eigenvalue weighted by Gasteiger charge is 2.09. The van der Waals surface area contributed by atoms with E-state index in [9.17, 15) is 9.90 Å². The molecule has 0 unspecified atom stereocenters. The Bertz CT molecular complexity index is 459. The number of phenolic OH excluding ortho intramolecular Hbond substituents is 1. The van der Waals surface area contributed by atoms with Gasteiger partial charge in [-0.25, -0.2) is 4.79 Å². The van der Waals surface area contributed by atoms with Gasteiger partial charge in [0.1, 0.15) is 5.75 Å². The van der Waals surface area contributed by atoms with Gasteiger partial charge >= 0.3 is 6.03 Å². The summed E-state index contributed by atoms with van der Waals surface area (Å²) in [5.41, 5.74) is 6.47. The fraction of sp³-hybridized carbons (Fsp3) is 0.667. The number of unbranched alkanes of at least 4 members (excludes halogenated alkanes) is 10. The van der Waals surface area contributed by atoms with E-state index >= 15 is 0 Å². The lowest BCUT2D eigenvalue weighted by atomic mass is 10.1. The summed E-state index contributed by atoms with van der Waals surface area (Å²) in [4.78, 5) is 13.3. The molecule has 0 fully saturated rings. The lowest BCUT2D eigenvalue weighted by Crippen LogP contribution is -2.35. The first-order valence-electron chi connectivity index (χ1n) is 9.95. The zero-order valence-corrected chi connectivity index (χ0v) is 15.9. The average Bonchev–Trinajstić information content (AvgIpc) is 2.60. The van der Waals surface area contributed by atoms with E-state index in [4.69, 9.17) is 5.73 Å². The van der Waals surface area contributed by atoms with E-state index in [-0.39, 0.29) is 11.8 Å². The second-order valence-corrected chi connectivity index (χ2v) is 6.96. The lowest BCUT2D eigenvalue weighted by molar-refractivity contribution is 0.203. The molecule has 1 aromatic rings. The van der Waals surface area contributed by atoms with Gasteiger partial charge in [0.25, 0.3) is 0 Å². The molecule has 142 valence electrons. The van der Waals surface area contributed by atoms with Crippen molar-refractivity contribution in [2.45, 2.75) is 84.1 Å². The number of carbonyl (C=O) groups excluding carboxylic acids is 1. The normalized spacial score (nSPS) is 10.8. The highest BCUT2D eigenvalue weighted by molar-refractivity contribution is 5.71. The number of aromatic hydroxyl groups is 1. The number of hydrogen-bond acceptors (Lipinski definition) is 2. The maximum absolute atomic E-state index is 11.6. The van der Waals surface area contributed by atoms with E-state index in [1.54, 1.807) is 17.0 Å². The van der Waals surface area contributed by atoms with Crippen LogP contribution in [0.15, 0.2) is 24.3 Å². The number of phenols is 1. The third-order valence-corrected chi connectivity index (χ3v) is 4.65. The summed E-state index contributed by atoms with van der Waals surface area (Å²) < 4.78 is 0. The quantitative estimate of drug-likeness (QED) is 0.431. The van der Waals surface area contributed by atoms with Crippen LogP contribution in [0.1, 0.15) is 83.1 Å². The third kappa shape index (κ3) is 10.7. The molecule has 25 heavy (non-hydrogen) atoms. The number of rotatable bonds is 14. The molecule has 0 bridgehead atoms. The molecule has 0 spiro atoms. The maximum Gasteiger partial charge on any atom is 0.315 e. The van der Waals surface area contributed by atoms with Gasteiger partial charge in [0.2, 0.25) is 0 Å². The van der Waals surface area contributed by atoms with Crippen LogP contribution >= 0.6 is 0 Å². The number of urea groups is 1. The molecule has 0 aliphatic heterocycles. The number of amides is 2. The zero-order chi connectivity index (χ0) is 18.3. The molecule has 0 aliphatic carbocycles. The first-order valence-corrected chi connectivity index (χ1v) is 9.95. The van der Waals surface area contributed by atoms with Crippen LogP contribution in [0.4, 0.5) is 4.79 Å². The largest absolute Gasteiger partial charge is 0.508 e. The Morgan fingerprint density at radius 3 is 1.84 bits per heavy atom. The van der Waals surface area contributed by atoms with Crippen LogP contribution in [-0.2, 0) is 6.54 Å². The van der Waals surface area contributed by atoms with Gasteiger partial charge in [-0.3, -0.25) is 0 Å². The van der Waals surface area contributed by atoms with Gasteiger partial charge in [0, 0.05) is 13.1 Å². The van der Waals surface area contributed by atoms with Crippen LogP contribution in [0.5, 0.6) is 5.75 Å². The monoisotopic (exact) mass is 348 g/mol. The van der Waals surface area contributed by atoms with Crippen molar-refractivity contribution < 1.29 is 9.90 Å². The Morgan fingerprint density at radius 2 is 1.36 bits per heavy atom. The predicted octanol–water partition coefficient (Wildman–Crippen LogP) is 5.58. The van der Waals surface area contributed by atoms with Gasteiger partial charge in [-0.2, -0.15) is 0 Å². The minimum absolute atomic E-state index is 0.236. The summed E-state index contributed by atoms with van der Waals surface area (Å²) >= 11 is 0. The van der Waals surface area contributed by atoms with Gasteiger partial charge < -0.3 is 15.7 Å². The first kappa shape index (κ1) is 21.3. The molecule has 0 aliphatic rings. The Kier molecular flexibility index (Phi) is 11.6. The van der Waals surface area contributed by atoms with Crippen molar-refractivity contribution in [1.82, 2.24) is 4.90 Å². The van der Waals surface area contributed by atoms with Crippen molar-refractivity contribution in [2.24, 2.45) is 5.73 Å². The van der Waals surface area contributed by atoms with Crippen LogP contribution in [0.25, 0.3) is 0 Å². The van der Waals surface area contributed by atoms with Crippen LogP contribution in [0.3, 0.4) is 0 Å². The van der Waals surface area contributed by atoms with Crippen LogP contribution < -0.4 is 5.73 Å². The standard InChI is InChI=1S/C21H36N2O2/c1-2-3-4-5-6-7-8-9-10-11-12-17-23(21(22)25)18-19-13-15-20(24)16-14-19/h13-16,24H,2-12,17-18H2,1H3,(H2,22,25). The van der Waals surface area contributed by atoms with Crippen molar-refractivity contribution in [3.63, 3.8) is 0 Å². The number of benzene rings is 1. The molecule has 0 saturated carbocycles. The first-order chi connectivity index (χ1) is 12.1. The summed E-state index contributed by atoms with van der Waals surface area (Å²) in [6.45, 7) is 3.46. The van der Waals surface area contributed by atoms with Crippen molar-refractivity contribution >= 4 is 6.03 Å². The number of primary amides is 1. The molecule has 4 nitrogen and oxygen atoms in total. The SMILES string of the molecule is CCCCCCCCCCCCCN(Cc1ccc(O)cc1)C(N)=O. The fourth-order valence-corrected chi connectivity index (χ4v) is 3.06. The molecule has 0 heterocycles. The summed E-state index contributed by atoms with van der Waals surface area (Å²) in [6, 6.07) is 6.55. The van der Waals surface area contributed by atoms with E-state index in [1.165, 1.54) is 57.8 Å². The molecule has 0 aromatic heterocycles. The molecule has 4 heteroatoms. The second-order valence-electron chi connectivity index (χ2n) is 6.96. The number of hydrogen-bond donors (Lipinski definition) is 2.